The molecular formula is C13H22O4. The van der Waals surface area contributed by atoms with Gasteiger partial charge in [-0.2, -0.15) is 0 Å². The van der Waals surface area contributed by atoms with Crippen LogP contribution >= 0.6 is 0 Å². The van der Waals surface area contributed by atoms with Crippen molar-refractivity contribution in [2.24, 2.45) is 5.92 Å². The molecule has 4 atom stereocenters. The summed E-state index contributed by atoms with van der Waals surface area (Å²) in [5.41, 5.74) is 1.06. The van der Waals surface area contributed by atoms with E-state index in [1.807, 2.05) is 6.92 Å². The number of esters is 1. The summed E-state index contributed by atoms with van der Waals surface area (Å²) in [7, 11) is 1.57. The van der Waals surface area contributed by atoms with Crippen LogP contribution in [0, 0.1) is 5.92 Å². The number of methoxy groups -OCH3 is 1. The first-order chi connectivity index (χ1) is 7.82. The first kappa shape index (κ1) is 14.2. The fourth-order valence-corrected chi connectivity index (χ4v) is 2.13. The molecule has 4 unspecified atom stereocenters. The fraction of sp³-hybridized carbons (Fsp3) is 0.769. The van der Waals surface area contributed by atoms with Crippen LogP contribution in [0.4, 0.5) is 0 Å². The Morgan fingerprint density at radius 2 is 2.18 bits per heavy atom. The van der Waals surface area contributed by atoms with E-state index in [0.717, 1.165) is 5.57 Å². The highest BCUT2D eigenvalue weighted by Crippen LogP contribution is 2.39. The summed E-state index contributed by atoms with van der Waals surface area (Å²) in [6, 6.07) is 0. The molecule has 0 spiro atoms. The summed E-state index contributed by atoms with van der Waals surface area (Å²) < 4.78 is 16.6. The number of rotatable bonds is 3. The maximum Gasteiger partial charge on any atom is 0.303 e. The highest BCUT2D eigenvalue weighted by atomic mass is 16.7. The predicted octanol–water partition coefficient (Wildman–Crippen LogP) is 2.28. The molecule has 1 rings (SSSR count). The van der Waals surface area contributed by atoms with E-state index >= 15 is 0 Å². The van der Waals surface area contributed by atoms with Gasteiger partial charge in [-0.25, -0.2) is 0 Å². The summed E-state index contributed by atoms with van der Waals surface area (Å²) in [6.45, 7) is 11.3. The van der Waals surface area contributed by atoms with Gasteiger partial charge in [-0.3, -0.25) is 4.79 Å². The van der Waals surface area contributed by atoms with E-state index in [2.05, 4.69) is 13.5 Å². The second-order valence-corrected chi connectivity index (χ2v) is 4.71. The van der Waals surface area contributed by atoms with Crippen molar-refractivity contribution in [1.29, 1.82) is 0 Å². The molecule has 0 amide bonds. The number of hydrogen-bond donors (Lipinski definition) is 0. The Kier molecular flexibility index (Phi) is 4.33. The smallest absolute Gasteiger partial charge is 0.303 e. The van der Waals surface area contributed by atoms with Crippen molar-refractivity contribution in [3.05, 3.63) is 12.2 Å². The number of carbonyl (C=O) groups is 1. The van der Waals surface area contributed by atoms with E-state index in [-0.39, 0.29) is 18.0 Å². The first-order valence-electron chi connectivity index (χ1n) is 5.90. The molecule has 4 nitrogen and oxygen atoms in total. The highest BCUT2D eigenvalue weighted by Gasteiger charge is 2.46. The Labute approximate surface area is 103 Å². The van der Waals surface area contributed by atoms with Gasteiger partial charge in [-0.05, 0) is 13.8 Å². The monoisotopic (exact) mass is 242 g/mol. The van der Waals surface area contributed by atoms with Crippen molar-refractivity contribution in [2.75, 3.05) is 7.11 Å². The van der Waals surface area contributed by atoms with E-state index in [0.29, 0.717) is 6.42 Å². The Bertz CT molecular complexity index is 313. The van der Waals surface area contributed by atoms with Crippen LogP contribution in [0.25, 0.3) is 0 Å². The van der Waals surface area contributed by atoms with Crippen molar-refractivity contribution in [1.82, 2.24) is 0 Å². The SMILES string of the molecule is C=C1CC(OC)(C(C)OC(C)=O)OC(C)C1C. The molecule has 0 aromatic heterocycles. The number of ether oxygens (including phenoxy) is 3. The lowest BCUT2D eigenvalue weighted by atomic mass is 9.86. The van der Waals surface area contributed by atoms with Crippen molar-refractivity contribution >= 4 is 5.97 Å². The molecule has 0 aromatic carbocycles. The largest absolute Gasteiger partial charge is 0.457 e. The van der Waals surface area contributed by atoms with Gasteiger partial charge in [0.2, 0.25) is 5.79 Å². The van der Waals surface area contributed by atoms with Crippen molar-refractivity contribution in [3.63, 3.8) is 0 Å². The Morgan fingerprint density at radius 1 is 1.59 bits per heavy atom. The molecule has 1 aliphatic rings. The van der Waals surface area contributed by atoms with Crippen LogP contribution in [0.3, 0.4) is 0 Å². The Morgan fingerprint density at radius 3 is 2.59 bits per heavy atom. The third kappa shape index (κ3) is 2.87. The normalized spacial score (nSPS) is 35.5. The van der Waals surface area contributed by atoms with Crippen molar-refractivity contribution in [2.45, 2.75) is 52.1 Å². The molecule has 1 heterocycles. The van der Waals surface area contributed by atoms with Crippen molar-refractivity contribution in [3.8, 4) is 0 Å². The zero-order valence-electron chi connectivity index (χ0n) is 11.3. The average Bonchev–Trinajstić information content (AvgIpc) is 2.24. The topological polar surface area (TPSA) is 44.8 Å². The Hall–Kier alpha value is -0.870. The van der Waals surface area contributed by atoms with Crippen LogP contribution in [0.1, 0.15) is 34.1 Å². The standard InChI is InChI=1S/C13H22O4/c1-8-7-13(15-6,11(4)16-12(5)14)17-10(3)9(8)2/h9-11H,1,7H2,2-6H3. The molecule has 1 fully saturated rings. The molecule has 4 heteroatoms. The van der Waals surface area contributed by atoms with Gasteiger partial charge in [0.15, 0.2) is 6.10 Å². The predicted molar refractivity (Wildman–Crippen MR) is 64.4 cm³/mol. The third-order valence-electron chi connectivity index (χ3n) is 3.51. The molecule has 1 saturated heterocycles. The van der Waals surface area contributed by atoms with E-state index in [1.54, 1.807) is 14.0 Å². The van der Waals surface area contributed by atoms with Crippen LogP contribution in [0.15, 0.2) is 12.2 Å². The van der Waals surface area contributed by atoms with E-state index < -0.39 is 11.9 Å². The first-order valence-corrected chi connectivity index (χ1v) is 5.90. The summed E-state index contributed by atoms with van der Waals surface area (Å²) in [5, 5.41) is 0. The second-order valence-electron chi connectivity index (χ2n) is 4.71. The third-order valence-corrected chi connectivity index (χ3v) is 3.51. The molecule has 0 radical (unpaired) electrons. The molecule has 1 aliphatic heterocycles. The minimum absolute atomic E-state index is 0.00536. The van der Waals surface area contributed by atoms with Crippen LogP contribution in [-0.4, -0.2) is 31.1 Å². The van der Waals surface area contributed by atoms with Crippen molar-refractivity contribution < 1.29 is 19.0 Å². The lowest BCUT2D eigenvalue weighted by Gasteiger charge is -2.45. The van der Waals surface area contributed by atoms with Crippen LogP contribution in [0.5, 0.6) is 0 Å². The fourth-order valence-electron chi connectivity index (χ4n) is 2.13. The van der Waals surface area contributed by atoms with Crippen LogP contribution < -0.4 is 0 Å². The van der Waals surface area contributed by atoms with E-state index in [4.69, 9.17) is 14.2 Å². The zero-order valence-corrected chi connectivity index (χ0v) is 11.3. The minimum Gasteiger partial charge on any atom is -0.457 e. The summed E-state index contributed by atoms with van der Waals surface area (Å²) >= 11 is 0. The molecule has 0 N–H and O–H groups in total. The van der Waals surface area contributed by atoms with Gasteiger partial charge in [0, 0.05) is 26.4 Å². The molecule has 0 bridgehead atoms. The lowest BCUT2D eigenvalue weighted by molar-refractivity contribution is -0.302. The summed E-state index contributed by atoms with van der Waals surface area (Å²) in [5.74, 6) is -0.966. The molecule has 98 valence electrons. The zero-order chi connectivity index (χ0) is 13.2. The van der Waals surface area contributed by atoms with Gasteiger partial charge in [0.05, 0.1) is 6.10 Å². The summed E-state index contributed by atoms with van der Waals surface area (Å²) in [4.78, 5) is 11.0. The molecule has 0 aliphatic carbocycles. The van der Waals surface area contributed by atoms with Gasteiger partial charge < -0.3 is 14.2 Å². The second kappa shape index (κ2) is 5.19. The number of hydrogen-bond acceptors (Lipinski definition) is 4. The molecule has 17 heavy (non-hydrogen) atoms. The molecular weight excluding hydrogens is 220 g/mol. The average molecular weight is 242 g/mol. The van der Waals surface area contributed by atoms with Gasteiger partial charge >= 0.3 is 5.97 Å². The summed E-state index contributed by atoms with van der Waals surface area (Å²) in [6.07, 6.45) is 0.0783. The lowest BCUT2D eigenvalue weighted by Crippen LogP contribution is -2.53. The molecule has 0 aromatic rings. The molecule has 0 saturated carbocycles. The van der Waals surface area contributed by atoms with Gasteiger partial charge in [0.1, 0.15) is 0 Å². The number of carbonyl (C=O) groups excluding carboxylic acids is 1. The quantitative estimate of drug-likeness (QED) is 0.562. The van der Waals surface area contributed by atoms with Crippen LogP contribution in [0.2, 0.25) is 0 Å². The minimum atomic E-state index is -0.908. The van der Waals surface area contributed by atoms with E-state index in [9.17, 15) is 4.79 Å². The van der Waals surface area contributed by atoms with E-state index in [1.165, 1.54) is 6.92 Å². The van der Waals surface area contributed by atoms with Crippen LogP contribution in [-0.2, 0) is 19.0 Å². The van der Waals surface area contributed by atoms with Gasteiger partial charge in [0.25, 0.3) is 0 Å². The van der Waals surface area contributed by atoms with Gasteiger partial charge in [-0.1, -0.05) is 19.1 Å². The maximum atomic E-state index is 11.0. The highest BCUT2D eigenvalue weighted by molar-refractivity contribution is 5.66. The Balaban J connectivity index is 2.88. The van der Waals surface area contributed by atoms with Gasteiger partial charge in [-0.15, -0.1) is 0 Å². The maximum absolute atomic E-state index is 11.0.